The van der Waals surface area contributed by atoms with E-state index in [9.17, 15) is 9.59 Å². The second-order valence-electron chi connectivity index (χ2n) is 8.99. The molecule has 0 spiro atoms. The SMILES string of the molecule is CC(C)OC(=O)N1C2=C(OC[C@H]3OC(C)(C)O[C@@H]23)C(c2ccccc2)N1C(=O)OC(C)C. The smallest absolute Gasteiger partial charge is 0.433 e. The summed E-state index contributed by atoms with van der Waals surface area (Å²) in [6.45, 7) is 10.8. The van der Waals surface area contributed by atoms with Crippen LogP contribution in [0.25, 0.3) is 0 Å². The predicted molar refractivity (Wildman–Crippen MR) is 113 cm³/mol. The van der Waals surface area contributed by atoms with Crippen LogP contribution in [0.1, 0.15) is 53.1 Å². The first-order valence-corrected chi connectivity index (χ1v) is 10.9. The minimum atomic E-state index is -0.872. The molecule has 3 aliphatic heterocycles. The number of amides is 2. The number of ether oxygens (including phenoxy) is 5. The molecule has 0 bridgehead atoms. The van der Waals surface area contributed by atoms with E-state index in [2.05, 4.69) is 0 Å². The van der Waals surface area contributed by atoms with E-state index in [1.807, 2.05) is 30.3 Å². The predicted octanol–water partition coefficient (Wildman–Crippen LogP) is 4.11. The van der Waals surface area contributed by atoms with Crippen molar-refractivity contribution in [3.63, 3.8) is 0 Å². The maximum atomic E-state index is 13.3. The monoisotopic (exact) mass is 446 g/mol. The Kier molecular flexibility index (Phi) is 5.81. The molecule has 1 fully saturated rings. The van der Waals surface area contributed by atoms with Crippen LogP contribution in [0, 0.1) is 0 Å². The molecule has 2 amide bonds. The molecule has 9 nitrogen and oxygen atoms in total. The molecule has 0 saturated carbocycles. The molecule has 174 valence electrons. The number of fused-ring (bicyclic) bond motifs is 2. The normalized spacial score (nSPS) is 26.2. The second kappa shape index (κ2) is 8.29. The Morgan fingerprint density at radius 1 is 1.00 bits per heavy atom. The Morgan fingerprint density at radius 3 is 2.25 bits per heavy atom. The minimum Gasteiger partial charge on any atom is -0.490 e. The fourth-order valence-electron chi connectivity index (χ4n) is 4.17. The first-order valence-electron chi connectivity index (χ1n) is 10.9. The number of rotatable bonds is 3. The summed E-state index contributed by atoms with van der Waals surface area (Å²) in [6, 6.07) is 8.62. The van der Waals surface area contributed by atoms with Gasteiger partial charge in [-0.05, 0) is 47.1 Å². The van der Waals surface area contributed by atoms with E-state index in [0.29, 0.717) is 11.5 Å². The quantitative estimate of drug-likeness (QED) is 0.690. The zero-order valence-electron chi connectivity index (χ0n) is 19.2. The Labute approximate surface area is 187 Å². The number of hydrazine groups is 1. The first kappa shape index (κ1) is 22.4. The molecule has 1 saturated heterocycles. The second-order valence-corrected chi connectivity index (χ2v) is 8.99. The van der Waals surface area contributed by atoms with Crippen molar-refractivity contribution in [1.82, 2.24) is 10.0 Å². The number of carbonyl (C=O) groups is 2. The average molecular weight is 447 g/mol. The van der Waals surface area contributed by atoms with Crippen LogP contribution in [-0.2, 0) is 23.7 Å². The van der Waals surface area contributed by atoms with Crippen molar-refractivity contribution in [2.45, 2.75) is 77.8 Å². The molecule has 3 heterocycles. The standard InChI is InChI=1S/C23H30N2O7/c1-13(2)29-21(26)24-17(15-10-8-7-9-11-15)20-18(25(24)22(27)30-14(3)4)19-16(12-28-20)31-23(5,6)32-19/h7-11,13-14,16-17,19H,12H2,1-6H3/t16-,17?,19-/m1/s1. The zero-order chi connectivity index (χ0) is 23.2. The summed E-state index contributed by atoms with van der Waals surface area (Å²) in [6.07, 6.45) is -3.25. The van der Waals surface area contributed by atoms with Gasteiger partial charge in [-0.3, -0.25) is 0 Å². The van der Waals surface area contributed by atoms with Crippen molar-refractivity contribution < 1.29 is 33.3 Å². The Hall–Kier alpha value is -2.78. The first-order chi connectivity index (χ1) is 15.1. The van der Waals surface area contributed by atoms with Gasteiger partial charge in [-0.1, -0.05) is 30.3 Å². The molecule has 3 aliphatic rings. The van der Waals surface area contributed by atoms with Crippen LogP contribution in [0.3, 0.4) is 0 Å². The van der Waals surface area contributed by atoms with E-state index in [0.717, 1.165) is 5.56 Å². The van der Waals surface area contributed by atoms with Crippen LogP contribution in [0.5, 0.6) is 0 Å². The lowest BCUT2D eigenvalue weighted by Gasteiger charge is -2.34. The third-order valence-electron chi connectivity index (χ3n) is 5.19. The highest BCUT2D eigenvalue weighted by molar-refractivity contribution is 5.79. The average Bonchev–Trinajstić information content (AvgIpc) is 3.20. The molecule has 3 atom stereocenters. The lowest BCUT2D eigenvalue weighted by Crippen LogP contribution is -2.50. The highest BCUT2D eigenvalue weighted by Crippen LogP contribution is 2.49. The molecule has 32 heavy (non-hydrogen) atoms. The van der Waals surface area contributed by atoms with Gasteiger partial charge < -0.3 is 23.7 Å². The van der Waals surface area contributed by atoms with Crippen molar-refractivity contribution in [1.29, 1.82) is 0 Å². The Balaban J connectivity index is 1.85. The fraction of sp³-hybridized carbons (Fsp3) is 0.565. The van der Waals surface area contributed by atoms with E-state index in [-0.39, 0.29) is 6.61 Å². The Bertz CT molecular complexity index is 912. The van der Waals surface area contributed by atoms with Gasteiger partial charge in [0.15, 0.2) is 5.79 Å². The van der Waals surface area contributed by atoms with E-state index in [1.54, 1.807) is 41.5 Å². The van der Waals surface area contributed by atoms with Crippen molar-refractivity contribution >= 4 is 12.2 Å². The van der Waals surface area contributed by atoms with Gasteiger partial charge in [0.1, 0.15) is 36.3 Å². The van der Waals surface area contributed by atoms with E-state index < -0.39 is 48.4 Å². The molecule has 0 N–H and O–H groups in total. The molecule has 1 aromatic rings. The van der Waals surface area contributed by atoms with Crippen molar-refractivity contribution in [3.8, 4) is 0 Å². The largest absolute Gasteiger partial charge is 0.490 e. The molecule has 9 heteroatoms. The number of hydrogen-bond acceptors (Lipinski definition) is 7. The van der Waals surface area contributed by atoms with E-state index in [4.69, 9.17) is 23.7 Å². The van der Waals surface area contributed by atoms with Crippen LogP contribution in [0.4, 0.5) is 9.59 Å². The third kappa shape index (κ3) is 4.02. The summed E-state index contributed by atoms with van der Waals surface area (Å²) in [5.41, 5.74) is 1.16. The molecular weight excluding hydrogens is 416 g/mol. The van der Waals surface area contributed by atoms with E-state index >= 15 is 0 Å². The highest BCUT2D eigenvalue weighted by atomic mass is 16.8. The summed E-state index contributed by atoms with van der Waals surface area (Å²) >= 11 is 0. The van der Waals surface area contributed by atoms with Crippen LogP contribution >= 0.6 is 0 Å². The summed E-state index contributed by atoms with van der Waals surface area (Å²) in [5, 5.41) is 2.45. The molecule has 4 rings (SSSR count). The maximum Gasteiger partial charge on any atom is 0.433 e. The molecule has 1 aromatic carbocycles. The molecular formula is C23H30N2O7. The van der Waals surface area contributed by atoms with Crippen LogP contribution in [0.15, 0.2) is 41.8 Å². The van der Waals surface area contributed by atoms with Gasteiger partial charge in [-0.25, -0.2) is 9.59 Å². The highest BCUT2D eigenvalue weighted by Gasteiger charge is 2.58. The molecule has 0 aliphatic carbocycles. The molecule has 1 unspecified atom stereocenters. The van der Waals surface area contributed by atoms with Gasteiger partial charge in [0.25, 0.3) is 0 Å². The fourth-order valence-corrected chi connectivity index (χ4v) is 4.17. The van der Waals surface area contributed by atoms with Crippen molar-refractivity contribution in [2.24, 2.45) is 0 Å². The van der Waals surface area contributed by atoms with Gasteiger partial charge in [-0.15, -0.1) is 0 Å². The lowest BCUT2D eigenvalue weighted by molar-refractivity contribution is -0.148. The van der Waals surface area contributed by atoms with E-state index in [1.165, 1.54) is 10.0 Å². The van der Waals surface area contributed by atoms with Crippen molar-refractivity contribution in [2.75, 3.05) is 6.61 Å². The van der Waals surface area contributed by atoms with Crippen LogP contribution in [0.2, 0.25) is 0 Å². The molecule has 0 aromatic heterocycles. The van der Waals surface area contributed by atoms with Gasteiger partial charge in [0, 0.05) is 0 Å². The Morgan fingerprint density at radius 2 is 1.62 bits per heavy atom. The zero-order valence-corrected chi connectivity index (χ0v) is 19.2. The summed E-state index contributed by atoms with van der Waals surface area (Å²) in [5.74, 6) is -0.428. The lowest BCUT2D eigenvalue weighted by atomic mass is 10.0. The third-order valence-corrected chi connectivity index (χ3v) is 5.19. The molecule has 0 radical (unpaired) electrons. The van der Waals surface area contributed by atoms with Crippen molar-refractivity contribution in [3.05, 3.63) is 47.4 Å². The van der Waals surface area contributed by atoms with Crippen LogP contribution < -0.4 is 0 Å². The number of nitrogens with zero attached hydrogens (tertiary/aromatic N) is 2. The summed E-state index contributed by atoms with van der Waals surface area (Å²) < 4.78 is 29.3. The van der Waals surface area contributed by atoms with Gasteiger partial charge >= 0.3 is 12.2 Å². The van der Waals surface area contributed by atoms with Gasteiger partial charge in [-0.2, -0.15) is 10.0 Å². The number of carbonyl (C=O) groups excluding carboxylic acids is 2. The number of hydrogen-bond donors (Lipinski definition) is 0. The van der Waals surface area contributed by atoms with Gasteiger partial charge in [0.05, 0.1) is 12.2 Å². The van der Waals surface area contributed by atoms with Gasteiger partial charge in [0.2, 0.25) is 0 Å². The summed E-state index contributed by atoms with van der Waals surface area (Å²) in [7, 11) is 0. The summed E-state index contributed by atoms with van der Waals surface area (Å²) in [4.78, 5) is 26.6. The van der Waals surface area contributed by atoms with Crippen LogP contribution in [-0.4, -0.2) is 59.0 Å². The minimum absolute atomic E-state index is 0.233. The maximum absolute atomic E-state index is 13.3. The number of benzene rings is 1. The topological polar surface area (TPSA) is 86.8 Å².